The first-order valence-corrected chi connectivity index (χ1v) is 15.0. The fourth-order valence-corrected chi connectivity index (χ4v) is 11.3. The highest BCUT2D eigenvalue weighted by Crippen LogP contribution is 2.43. The highest BCUT2D eigenvalue weighted by Gasteiger charge is 2.47. The van der Waals surface area contributed by atoms with Gasteiger partial charge in [0.1, 0.15) is 5.76 Å². The van der Waals surface area contributed by atoms with E-state index in [0.29, 0.717) is 22.4 Å². The fraction of sp³-hybridized carbons (Fsp3) is 0.538. The number of sulfonamides is 1. The Bertz CT molecular complexity index is 917. The standard InChI is InChI=1S/C26H41NO3SSi/c1-11-13-25(30-32(20(3)4,21(5)6)22(7)8)19-24(10)27(18-12-2)31(28,29)26-16-14-23(9)15-17-26/h2,11,13-17,19-22,24H,18H2,1,3-10H3/b13-11+,25-19+. The Morgan fingerprint density at radius 3 is 1.97 bits per heavy atom. The molecule has 6 heteroatoms. The number of allylic oxidation sites excluding steroid dienone is 2. The molecule has 1 unspecified atom stereocenters. The summed E-state index contributed by atoms with van der Waals surface area (Å²) in [4.78, 5) is 0.238. The molecule has 0 bridgehead atoms. The predicted molar refractivity (Wildman–Crippen MR) is 138 cm³/mol. The van der Waals surface area contributed by atoms with Crippen LogP contribution in [0.15, 0.2) is 53.1 Å². The minimum Gasteiger partial charge on any atom is -0.543 e. The van der Waals surface area contributed by atoms with E-state index in [1.807, 2.05) is 39.0 Å². The summed E-state index contributed by atoms with van der Waals surface area (Å²) < 4.78 is 34.9. The van der Waals surface area contributed by atoms with E-state index >= 15 is 0 Å². The van der Waals surface area contributed by atoms with E-state index < -0.39 is 24.4 Å². The van der Waals surface area contributed by atoms with Crippen LogP contribution in [0.4, 0.5) is 0 Å². The van der Waals surface area contributed by atoms with Crippen molar-refractivity contribution < 1.29 is 12.8 Å². The Balaban J connectivity index is 3.47. The quantitative estimate of drug-likeness (QED) is 0.156. The summed E-state index contributed by atoms with van der Waals surface area (Å²) in [6.45, 7) is 19.1. The number of hydrogen-bond donors (Lipinski definition) is 0. The Kier molecular flexibility index (Phi) is 10.5. The minimum atomic E-state index is -3.75. The third-order valence-electron chi connectivity index (χ3n) is 6.07. The molecule has 0 aliphatic rings. The van der Waals surface area contributed by atoms with Crippen molar-refractivity contribution in [3.63, 3.8) is 0 Å². The molecule has 0 saturated carbocycles. The van der Waals surface area contributed by atoms with Crippen molar-refractivity contribution in [2.24, 2.45) is 0 Å². The van der Waals surface area contributed by atoms with Gasteiger partial charge in [0.05, 0.1) is 11.4 Å². The molecule has 0 aliphatic carbocycles. The highest BCUT2D eigenvalue weighted by molar-refractivity contribution is 7.89. The minimum absolute atomic E-state index is 0.0158. The largest absolute Gasteiger partial charge is 0.543 e. The second kappa shape index (κ2) is 11.9. The van der Waals surface area contributed by atoms with Gasteiger partial charge in [-0.1, -0.05) is 71.2 Å². The van der Waals surface area contributed by atoms with Crippen molar-refractivity contribution in [1.29, 1.82) is 0 Å². The van der Waals surface area contributed by atoms with Crippen molar-refractivity contribution in [3.8, 4) is 12.3 Å². The second-order valence-electron chi connectivity index (χ2n) is 9.30. The molecule has 1 atom stereocenters. The zero-order valence-corrected chi connectivity index (χ0v) is 23.0. The van der Waals surface area contributed by atoms with Crippen LogP contribution >= 0.6 is 0 Å². The molecule has 0 aliphatic heterocycles. The van der Waals surface area contributed by atoms with Crippen molar-refractivity contribution in [2.75, 3.05) is 6.54 Å². The molecule has 0 aromatic heterocycles. The summed E-state index contributed by atoms with van der Waals surface area (Å²) in [6.07, 6.45) is 11.3. The van der Waals surface area contributed by atoms with E-state index in [9.17, 15) is 8.42 Å². The topological polar surface area (TPSA) is 46.6 Å². The summed E-state index contributed by atoms with van der Waals surface area (Å²) in [6, 6.07) is 6.37. The van der Waals surface area contributed by atoms with E-state index in [1.54, 1.807) is 24.3 Å². The maximum atomic E-state index is 13.4. The first-order chi connectivity index (χ1) is 14.8. The van der Waals surface area contributed by atoms with Gasteiger partial charge in [-0.25, -0.2) is 8.42 Å². The fourth-order valence-electron chi connectivity index (χ4n) is 4.55. The van der Waals surface area contributed by atoms with Gasteiger partial charge in [0.2, 0.25) is 10.0 Å². The van der Waals surface area contributed by atoms with Gasteiger partial charge in [-0.05, 0) is 61.7 Å². The van der Waals surface area contributed by atoms with E-state index in [-0.39, 0.29) is 11.4 Å². The number of terminal acetylenes is 1. The lowest BCUT2D eigenvalue weighted by Crippen LogP contribution is -2.47. The van der Waals surface area contributed by atoms with E-state index in [4.69, 9.17) is 10.8 Å². The van der Waals surface area contributed by atoms with Gasteiger partial charge in [-0.3, -0.25) is 0 Å². The zero-order valence-electron chi connectivity index (χ0n) is 21.2. The zero-order chi connectivity index (χ0) is 24.7. The average molecular weight is 476 g/mol. The van der Waals surface area contributed by atoms with Crippen LogP contribution < -0.4 is 0 Å². The summed E-state index contributed by atoms with van der Waals surface area (Å²) in [5.41, 5.74) is 2.22. The summed E-state index contributed by atoms with van der Waals surface area (Å²) in [5, 5.41) is 0. The molecule has 0 fully saturated rings. The third-order valence-corrected chi connectivity index (χ3v) is 14.0. The van der Waals surface area contributed by atoms with Crippen LogP contribution in [0.3, 0.4) is 0 Å². The molecule has 0 N–H and O–H groups in total. The summed E-state index contributed by atoms with van der Waals surface area (Å²) in [5.74, 6) is 3.22. The molecule has 178 valence electrons. The maximum Gasteiger partial charge on any atom is 0.258 e. The van der Waals surface area contributed by atoms with Gasteiger partial charge in [0, 0.05) is 6.04 Å². The molecule has 0 amide bonds. The van der Waals surface area contributed by atoms with Crippen LogP contribution in [0.2, 0.25) is 16.6 Å². The lowest BCUT2D eigenvalue weighted by atomic mass is 10.2. The summed E-state index contributed by atoms with van der Waals surface area (Å²) in [7, 11) is -5.95. The third kappa shape index (κ3) is 6.37. The van der Waals surface area contributed by atoms with Crippen LogP contribution in [0.5, 0.6) is 0 Å². The maximum absolute atomic E-state index is 13.4. The Morgan fingerprint density at radius 1 is 1.06 bits per heavy atom. The molecule has 0 saturated heterocycles. The van der Waals surface area contributed by atoms with Gasteiger partial charge in [0.25, 0.3) is 8.32 Å². The van der Waals surface area contributed by atoms with Gasteiger partial charge >= 0.3 is 0 Å². The number of hydrogen-bond acceptors (Lipinski definition) is 3. The molecular formula is C26H41NO3SSi. The summed E-state index contributed by atoms with van der Waals surface area (Å²) >= 11 is 0. The molecule has 32 heavy (non-hydrogen) atoms. The molecule has 1 aromatic rings. The van der Waals surface area contributed by atoms with Crippen LogP contribution in [-0.2, 0) is 14.4 Å². The monoisotopic (exact) mass is 475 g/mol. The van der Waals surface area contributed by atoms with Gasteiger partial charge < -0.3 is 4.43 Å². The number of benzene rings is 1. The smallest absolute Gasteiger partial charge is 0.258 e. The molecule has 1 rings (SSSR count). The Hall–Kier alpha value is -1.81. The molecule has 1 aromatic carbocycles. The number of rotatable bonds is 11. The molecule has 4 nitrogen and oxygen atoms in total. The van der Waals surface area contributed by atoms with Crippen molar-refractivity contribution >= 4 is 18.3 Å². The molecule has 0 heterocycles. The van der Waals surface area contributed by atoms with Crippen LogP contribution in [-0.4, -0.2) is 33.6 Å². The second-order valence-corrected chi connectivity index (χ2v) is 16.6. The van der Waals surface area contributed by atoms with Gasteiger partial charge in [-0.2, -0.15) is 4.31 Å². The normalized spacial score (nSPS) is 14.6. The Labute approximate surface area is 197 Å². The predicted octanol–water partition coefficient (Wildman–Crippen LogP) is 6.66. The van der Waals surface area contributed by atoms with Crippen molar-refractivity contribution in [1.82, 2.24) is 4.31 Å². The SMILES string of the molecule is C#CCN(C(C)/C=C(\C=C\C)O[Si](C(C)C)(C(C)C)C(C)C)S(=O)(=O)c1ccc(C)cc1. The lowest BCUT2D eigenvalue weighted by Gasteiger charge is -2.42. The van der Waals surface area contributed by atoms with E-state index in [0.717, 1.165) is 5.56 Å². The molecule has 0 radical (unpaired) electrons. The van der Waals surface area contributed by atoms with Crippen molar-refractivity contribution in [2.45, 2.75) is 89.9 Å². The van der Waals surface area contributed by atoms with Crippen LogP contribution in [0.1, 0.15) is 61.0 Å². The van der Waals surface area contributed by atoms with Gasteiger partial charge in [-0.15, -0.1) is 6.42 Å². The average Bonchev–Trinajstić information content (AvgIpc) is 2.69. The highest BCUT2D eigenvalue weighted by atomic mass is 32.2. The number of aryl methyl sites for hydroxylation is 1. The van der Waals surface area contributed by atoms with E-state index in [1.165, 1.54) is 4.31 Å². The van der Waals surface area contributed by atoms with E-state index in [2.05, 4.69) is 47.5 Å². The van der Waals surface area contributed by atoms with Crippen LogP contribution in [0.25, 0.3) is 0 Å². The number of nitrogens with zero attached hydrogens (tertiary/aromatic N) is 1. The first-order valence-electron chi connectivity index (χ1n) is 11.4. The molecule has 0 spiro atoms. The van der Waals surface area contributed by atoms with Gasteiger partial charge in [0.15, 0.2) is 0 Å². The lowest BCUT2D eigenvalue weighted by molar-refractivity contribution is 0.367. The Morgan fingerprint density at radius 2 is 1.56 bits per heavy atom. The molecular weight excluding hydrogens is 434 g/mol. The van der Waals surface area contributed by atoms with Crippen LogP contribution in [0, 0.1) is 19.3 Å². The van der Waals surface area contributed by atoms with Crippen molar-refractivity contribution in [3.05, 3.63) is 53.8 Å². The first kappa shape index (κ1) is 28.2.